The molecule has 1 aromatic rings. The third kappa shape index (κ3) is 12.8. The molecule has 0 spiro atoms. The molecule has 0 fully saturated rings. The fourth-order valence-electron chi connectivity index (χ4n) is 1.70. The quantitative estimate of drug-likeness (QED) is 0.445. The van der Waals surface area contributed by atoms with E-state index in [0.29, 0.717) is 0 Å². The normalized spacial score (nSPS) is 9.45. The van der Waals surface area contributed by atoms with Crippen LogP contribution in [0.25, 0.3) is 6.08 Å². The number of rotatable bonds is 4. The van der Waals surface area contributed by atoms with E-state index in [1.165, 1.54) is 6.08 Å². The van der Waals surface area contributed by atoms with Crippen LogP contribution in [0.4, 0.5) is 0 Å². The number of carbonyl (C=O) groups is 1. The molecule has 0 aromatic heterocycles. The lowest BCUT2D eigenvalue weighted by atomic mass is 10.1. The second-order valence-electron chi connectivity index (χ2n) is 5.59. The van der Waals surface area contributed by atoms with Crippen LogP contribution in [0, 0.1) is 101 Å². The smallest absolute Gasteiger partial charge is 0.331 e. The van der Waals surface area contributed by atoms with Gasteiger partial charge in [-0.25, -0.2) is 4.79 Å². The van der Waals surface area contributed by atoms with Crippen LogP contribution in [0.2, 0.25) is 0 Å². The molecule has 0 bridgehead atoms. The lowest BCUT2D eigenvalue weighted by Crippen LogP contribution is -2.19. The van der Waals surface area contributed by atoms with Crippen molar-refractivity contribution in [3.63, 3.8) is 0 Å². The van der Waals surface area contributed by atoms with E-state index in [1.807, 2.05) is 37.3 Å². The molecule has 1 rings (SSSR count). The van der Waals surface area contributed by atoms with Gasteiger partial charge in [-0.3, -0.25) is 0 Å². The van der Waals surface area contributed by atoms with Gasteiger partial charge < -0.3 is 4.74 Å². The largest absolute Gasteiger partial charge is 0.458 e. The van der Waals surface area contributed by atoms with Gasteiger partial charge in [0.05, 0.1) is 5.92 Å². The van der Waals surface area contributed by atoms with Gasteiger partial charge in [0.15, 0.2) is 0 Å². The van der Waals surface area contributed by atoms with Crippen molar-refractivity contribution in [2.75, 3.05) is 0 Å². The van der Waals surface area contributed by atoms with E-state index < -0.39 is 5.97 Å². The minimum absolute atomic E-state index is 0.183. The Kier molecular flexibility index (Phi) is 12.3. The maximum atomic E-state index is 11.9. The molecule has 0 radical (unpaired) electrons. The third-order valence-electron chi connectivity index (χ3n) is 3.34. The Balaban J connectivity index is 2.47. The molecule has 0 amide bonds. The molecular formula is C29H16O2. The Hall–Kier alpha value is -5.09. The fraction of sp³-hybridized carbons (Fsp3) is 0.138. The van der Waals surface area contributed by atoms with Crippen LogP contribution >= 0.6 is 0 Å². The highest BCUT2D eigenvalue weighted by Gasteiger charge is 2.13. The van der Waals surface area contributed by atoms with Gasteiger partial charge in [0.1, 0.15) is 6.10 Å². The molecule has 0 saturated heterocycles. The Morgan fingerprint density at radius 2 is 1.29 bits per heavy atom. The van der Waals surface area contributed by atoms with E-state index in [2.05, 4.69) is 88.8 Å². The third-order valence-corrected chi connectivity index (χ3v) is 3.34. The van der Waals surface area contributed by atoms with E-state index >= 15 is 0 Å². The highest BCUT2D eigenvalue weighted by atomic mass is 16.5. The van der Waals surface area contributed by atoms with Crippen molar-refractivity contribution >= 4 is 12.0 Å². The van der Waals surface area contributed by atoms with Crippen LogP contribution in [0.5, 0.6) is 0 Å². The van der Waals surface area contributed by atoms with Crippen LogP contribution in [-0.2, 0) is 9.53 Å². The first kappa shape index (κ1) is 23.9. The fourth-order valence-corrected chi connectivity index (χ4v) is 1.70. The van der Waals surface area contributed by atoms with Gasteiger partial charge in [0.2, 0.25) is 0 Å². The van der Waals surface area contributed by atoms with Crippen molar-refractivity contribution in [3.8, 4) is 95.2 Å². The molecule has 0 heterocycles. The molecule has 0 aliphatic rings. The summed E-state index contributed by atoms with van der Waals surface area (Å²) >= 11 is 0. The van der Waals surface area contributed by atoms with Crippen molar-refractivity contribution in [1.82, 2.24) is 0 Å². The number of ether oxygens (including phenoxy) is 1. The first-order valence-electron chi connectivity index (χ1n) is 9.03. The van der Waals surface area contributed by atoms with E-state index in [4.69, 9.17) is 11.2 Å². The summed E-state index contributed by atoms with van der Waals surface area (Å²) in [6.45, 7) is 3.63. The Morgan fingerprint density at radius 3 is 1.81 bits per heavy atom. The monoisotopic (exact) mass is 396 g/mol. The maximum absolute atomic E-state index is 11.9. The SMILES string of the molecule is C#CC#CC#CC#CC#CC#CC#CC#CC(C)C(C)OC(=O)/C=C\c1ccccc1. The zero-order valence-electron chi connectivity index (χ0n) is 17.1. The maximum Gasteiger partial charge on any atom is 0.331 e. The second kappa shape index (κ2) is 15.9. The molecule has 0 N–H and O–H groups in total. The van der Waals surface area contributed by atoms with Gasteiger partial charge in [-0.05, 0) is 108 Å². The Bertz CT molecular complexity index is 1290. The summed E-state index contributed by atoms with van der Waals surface area (Å²) in [5.74, 6) is 37.1. The van der Waals surface area contributed by atoms with Crippen LogP contribution in [-0.4, -0.2) is 12.1 Å². The highest BCUT2D eigenvalue weighted by molar-refractivity contribution is 5.87. The molecule has 2 nitrogen and oxygen atoms in total. The van der Waals surface area contributed by atoms with E-state index in [9.17, 15) is 4.79 Å². The minimum Gasteiger partial charge on any atom is -0.458 e. The van der Waals surface area contributed by atoms with Gasteiger partial charge >= 0.3 is 5.97 Å². The zero-order chi connectivity index (χ0) is 22.6. The van der Waals surface area contributed by atoms with E-state index in [1.54, 1.807) is 13.0 Å². The molecule has 31 heavy (non-hydrogen) atoms. The van der Waals surface area contributed by atoms with Crippen molar-refractivity contribution < 1.29 is 9.53 Å². The van der Waals surface area contributed by atoms with Gasteiger partial charge in [-0.2, -0.15) is 0 Å². The predicted octanol–water partition coefficient (Wildman–Crippen LogP) is 2.92. The number of benzene rings is 1. The summed E-state index contributed by atoms with van der Waals surface area (Å²) in [6.07, 6.45) is 7.66. The van der Waals surface area contributed by atoms with Gasteiger partial charge in [0.25, 0.3) is 0 Å². The van der Waals surface area contributed by atoms with Crippen molar-refractivity contribution in [2.45, 2.75) is 20.0 Å². The first-order chi connectivity index (χ1) is 15.1. The summed E-state index contributed by atoms with van der Waals surface area (Å²) in [5, 5.41) is 0. The lowest BCUT2D eigenvalue weighted by molar-refractivity contribution is -0.143. The van der Waals surface area contributed by atoms with Gasteiger partial charge in [-0.1, -0.05) is 36.3 Å². The Morgan fingerprint density at radius 1 is 0.806 bits per heavy atom. The van der Waals surface area contributed by atoms with E-state index in [0.717, 1.165) is 5.56 Å². The summed E-state index contributed by atoms with van der Waals surface area (Å²) in [5.41, 5.74) is 0.924. The molecule has 144 valence electrons. The molecule has 0 aliphatic carbocycles. The highest BCUT2D eigenvalue weighted by Crippen LogP contribution is 2.07. The average molecular weight is 396 g/mol. The number of hydrogen-bond acceptors (Lipinski definition) is 2. The average Bonchev–Trinajstić information content (AvgIpc) is 2.78. The molecule has 2 unspecified atom stereocenters. The van der Waals surface area contributed by atoms with Crippen LogP contribution in [0.1, 0.15) is 19.4 Å². The standard InChI is InChI=1S/C29H16O2/c1-4-5-6-7-8-9-10-11-12-13-14-15-16-18-21-26(2)27(3)31-29(30)25-24-28-22-19-17-20-23-28/h1,17,19-20,22-27H,2-3H3/b25-24-. The number of esters is 1. The van der Waals surface area contributed by atoms with Crippen LogP contribution in [0.3, 0.4) is 0 Å². The van der Waals surface area contributed by atoms with E-state index in [-0.39, 0.29) is 12.0 Å². The number of terminal acetylenes is 1. The molecule has 2 atom stereocenters. The van der Waals surface area contributed by atoms with Crippen molar-refractivity contribution in [1.29, 1.82) is 0 Å². The van der Waals surface area contributed by atoms with Crippen molar-refractivity contribution in [2.24, 2.45) is 5.92 Å². The van der Waals surface area contributed by atoms with Gasteiger partial charge in [0, 0.05) is 6.08 Å². The minimum atomic E-state index is -0.421. The number of carbonyl (C=O) groups excluding carboxylic acids is 1. The topological polar surface area (TPSA) is 26.3 Å². The predicted molar refractivity (Wildman–Crippen MR) is 123 cm³/mol. The molecule has 1 aromatic carbocycles. The lowest BCUT2D eigenvalue weighted by Gasteiger charge is -2.14. The Labute approximate surface area is 184 Å². The molecule has 0 saturated carbocycles. The molecular weight excluding hydrogens is 380 g/mol. The number of hydrogen-bond donors (Lipinski definition) is 0. The van der Waals surface area contributed by atoms with Gasteiger partial charge in [-0.15, -0.1) is 6.42 Å². The zero-order valence-corrected chi connectivity index (χ0v) is 17.1. The summed E-state index contributed by atoms with van der Waals surface area (Å²) < 4.78 is 5.34. The first-order valence-corrected chi connectivity index (χ1v) is 9.03. The van der Waals surface area contributed by atoms with Crippen molar-refractivity contribution in [3.05, 3.63) is 42.0 Å². The summed E-state index contributed by atoms with van der Waals surface area (Å²) in [6, 6.07) is 9.50. The van der Waals surface area contributed by atoms with Crippen LogP contribution in [0.15, 0.2) is 36.4 Å². The summed E-state index contributed by atoms with van der Waals surface area (Å²) in [4.78, 5) is 11.9. The second-order valence-corrected chi connectivity index (χ2v) is 5.59. The van der Waals surface area contributed by atoms with Crippen LogP contribution < -0.4 is 0 Å². The summed E-state index contributed by atoms with van der Waals surface area (Å²) in [7, 11) is 0. The molecule has 2 heteroatoms. The molecule has 0 aliphatic heterocycles.